The van der Waals surface area contributed by atoms with Crippen LogP contribution in [-0.4, -0.2) is 24.5 Å². The number of carbonyl (C=O) groups excluding carboxylic acids is 1. The molecule has 0 aliphatic rings. The molecule has 4 rings (SSSR count). The van der Waals surface area contributed by atoms with E-state index in [0.29, 0.717) is 13.2 Å². The maximum atomic E-state index is 13.6. The van der Waals surface area contributed by atoms with Crippen molar-refractivity contribution in [1.29, 1.82) is 0 Å². The molecule has 0 saturated heterocycles. The van der Waals surface area contributed by atoms with Crippen molar-refractivity contribution in [3.8, 4) is 5.75 Å². The molecule has 0 aromatic heterocycles. The molecule has 0 radical (unpaired) electrons. The van der Waals surface area contributed by atoms with Gasteiger partial charge in [-0.05, 0) is 34.4 Å². The summed E-state index contributed by atoms with van der Waals surface area (Å²) in [4.78, 5) is 15.5. The largest absolute Gasteiger partial charge is 0.497 e. The monoisotopic (exact) mass is 451 g/mol. The highest BCUT2D eigenvalue weighted by Gasteiger charge is 2.27. The van der Waals surface area contributed by atoms with E-state index in [0.717, 1.165) is 28.0 Å². The molecule has 0 aliphatic carbocycles. The summed E-state index contributed by atoms with van der Waals surface area (Å²) in [5.41, 5.74) is 4.17. The number of benzene rings is 4. The van der Waals surface area contributed by atoms with E-state index in [1.54, 1.807) is 7.11 Å². The Labute approximate surface area is 201 Å². The predicted octanol–water partition coefficient (Wildman–Crippen LogP) is 6.03. The van der Waals surface area contributed by atoms with Crippen LogP contribution < -0.4 is 4.74 Å². The van der Waals surface area contributed by atoms with Crippen molar-refractivity contribution >= 4 is 5.91 Å². The van der Waals surface area contributed by atoms with Crippen LogP contribution in [0.1, 0.15) is 28.3 Å². The number of rotatable bonds is 10. The Balaban J connectivity index is 1.63. The van der Waals surface area contributed by atoms with Gasteiger partial charge in [-0.2, -0.15) is 0 Å². The number of carbonyl (C=O) groups is 1. The average molecular weight is 452 g/mol. The number of hydrogen-bond acceptors (Lipinski definition) is 3. The van der Waals surface area contributed by atoms with Crippen molar-refractivity contribution in [2.45, 2.75) is 19.2 Å². The van der Waals surface area contributed by atoms with E-state index in [9.17, 15) is 4.79 Å². The maximum Gasteiger partial charge on any atom is 0.249 e. The van der Waals surface area contributed by atoms with Gasteiger partial charge in [-0.15, -0.1) is 0 Å². The van der Waals surface area contributed by atoms with Gasteiger partial charge in [-0.3, -0.25) is 4.79 Å². The average Bonchev–Trinajstić information content (AvgIpc) is 2.90. The highest BCUT2D eigenvalue weighted by atomic mass is 16.5. The quantitative estimate of drug-likeness (QED) is 0.295. The molecule has 34 heavy (non-hydrogen) atoms. The molecule has 0 heterocycles. The second-order valence-electron chi connectivity index (χ2n) is 8.07. The van der Waals surface area contributed by atoms with Crippen molar-refractivity contribution in [2.75, 3.05) is 13.7 Å². The Morgan fingerprint density at radius 1 is 0.706 bits per heavy atom. The van der Waals surface area contributed by atoms with Gasteiger partial charge in [-0.25, -0.2) is 0 Å². The third-order valence-electron chi connectivity index (χ3n) is 5.71. The van der Waals surface area contributed by atoms with Crippen molar-refractivity contribution in [1.82, 2.24) is 4.90 Å². The molecule has 172 valence electrons. The minimum Gasteiger partial charge on any atom is -0.497 e. The van der Waals surface area contributed by atoms with E-state index in [1.165, 1.54) is 0 Å². The molecular formula is C30H29NO3. The van der Waals surface area contributed by atoms with E-state index in [-0.39, 0.29) is 18.6 Å². The van der Waals surface area contributed by atoms with Gasteiger partial charge in [0.25, 0.3) is 0 Å². The summed E-state index contributed by atoms with van der Waals surface area (Å²) in [6, 6.07) is 37.8. The molecule has 0 spiro atoms. The van der Waals surface area contributed by atoms with Gasteiger partial charge in [0.05, 0.1) is 19.8 Å². The normalized spacial score (nSPS) is 10.8. The summed E-state index contributed by atoms with van der Waals surface area (Å²) in [6.45, 7) is 0.845. The summed E-state index contributed by atoms with van der Waals surface area (Å²) in [5, 5.41) is 0. The Bertz CT molecular complexity index is 1110. The first-order chi connectivity index (χ1) is 16.7. The first kappa shape index (κ1) is 23.3. The maximum absolute atomic E-state index is 13.6. The van der Waals surface area contributed by atoms with E-state index in [4.69, 9.17) is 9.47 Å². The Morgan fingerprint density at radius 2 is 1.24 bits per heavy atom. The first-order valence-corrected chi connectivity index (χ1v) is 11.4. The van der Waals surface area contributed by atoms with E-state index in [2.05, 4.69) is 24.3 Å². The smallest absolute Gasteiger partial charge is 0.249 e. The van der Waals surface area contributed by atoms with E-state index >= 15 is 0 Å². The van der Waals surface area contributed by atoms with Gasteiger partial charge in [0.15, 0.2) is 0 Å². The fourth-order valence-electron chi connectivity index (χ4n) is 3.99. The second-order valence-corrected chi connectivity index (χ2v) is 8.07. The Hall–Kier alpha value is -3.89. The highest BCUT2D eigenvalue weighted by molar-refractivity contribution is 5.78. The minimum absolute atomic E-state index is 0.00121. The van der Waals surface area contributed by atoms with Gasteiger partial charge < -0.3 is 14.4 Å². The summed E-state index contributed by atoms with van der Waals surface area (Å²) >= 11 is 0. The van der Waals surface area contributed by atoms with Crippen LogP contribution in [-0.2, 0) is 22.7 Å². The van der Waals surface area contributed by atoms with Crippen molar-refractivity contribution in [2.24, 2.45) is 0 Å². The van der Waals surface area contributed by atoms with Crippen LogP contribution >= 0.6 is 0 Å². The molecule has 4 nitrogen and oxygen atoms in total. The molecule has 0 fully saturated rings. The number of nitrogens with zero attached hydrogens (tertiary/aromatic N) is 1. The SMILES string of the molecule is COc1ccc(CN(C(=O)COCc2ccccc2)C(c2ccccc2)c2ccccc2)cc1. The first-order valence-electron chi connectivity index (χ1n) is 11.4. The molecule has 0 saturated carbocycles. The van der Waals surface area contributed by atoms with Gasteiger partial charge in [0.1, 0.15) is 12.4 Å². The number of methoxy groups -OCH3 is 1. The van der Waals surface area contributed by atoms with E-state index in [1.807, 2.05) is 95.9 Å². The van der Waals surface area contributed by atoms with Gasteiger partial charge in [0, 0.05) is 6.54 Å². The van der Waals surface area contributed by atoms with Crippen LogP contribution in [0.25, 0.3) is 0 Å². The topological polar surface area (TPSA) is 38.8 Å². The minimum atomic E-state index is -0.239. The molecule has 0 unspecified atom stereocenters. The lowest BCUT2D eigenvalue weighted by molar-refractivity contribution is -0.139. The standard InChI is InChI=1S/C30H29NO3/c1-33-28-19-17-24(18-20-28)21-31(29(32)23-34-22-25-11-5-2-6-12-25)30(26-13-7-3-8-14-26)27-15-9-4-10-16-27/h2-20,30H,21-23H2,1H3. The predicted molar refractivity (Wildman–Crippen MR) is 134 cm³/mol. The van der Waals surface area contributed by atoms with E-state index < -0.39 is 0 Å². The number of ether oxygens (including phenoxy) is 2. The fraction of sp³-hybridized carbons (Fsp3) is 0.167. The van der Waals surface area contributed by atoms with Crippen LogP contribution in [0.15, 0.2) is 115 Å². The zero-order valence-electron chi connectivity index (χ0n) is 19.3. The van der Waals surface area contributed by atoms with Gasteiger partial charge >= 0.3 is 0 Å². The summed E-state index contributed by atoms with van der Waals surface area (Å²) in [6.07, 6.45) is 0. The molecule has 1 amide bonds. The Morgan fingerprint density at radius 3 is 1.76 bits per heavy atom. The van der Waals surface area contributed by atoms with Crippen LogP contribution in [0.4, 0.5) is 0 Å². The molecule has 0 N–H and O–H groups in total. The zero-order valence-corrected chi connectivity index (χ0v) is 19.3. The lowest BCUT2D eigenvalue weighted by atomic mass is 9.96. The fourth-order valence-corrected chi connectivity index (χ4v) is 3.99. The van der Waals surface area contributed by atoms with Crippen LogP contribution in [0, 0.1) is 0 Å². The molecule has 4 aromatic carbocycles. The lowest BCUT2D eigenvalue weighted by Crippen LogP contribution is -2.37. The van der Waals surface area contributed by atoms with Gasteiger partial charge in [-0.1, -0.05) is 103 Å². The summed E-state index contributed by atoms with van der Waals surface area (Å²) < 4.78 is 11.1. The van der Waals surface area contributed by atoms with Crippen LogP contribution in [0.5, 0.6) is 5.75 Å². The zero-order chi connectivity index (χ0) is 23.6. The molecular weight excluding hydrogens is 422 g/mol. The summed E-state index contributed by atoms with van der Waals surface area (Å²) in [5.74, 6) is 0.722. The molecule has 4 aromatic rings. The van der Waals surface area contributed by atoms with Gasteiger partial charge in [0.2, 0.25) is 5.91 Å². The van der Waals surface area contributed by atoms with Crippen molar-refractivity contribution < 1.29 is 14.3 Å². The molecule has 0 aliphatic heterocycles. The second kappa shape index (κ2) is 11.8. The lowest BCUT2D eigenvalue weighted by Gasteiger charge is -2.33. The van der Waals surface area contributed by atoms with Crippen LogP contribution in [0.3, 0.4) is 0 Å². The third-order valence-corrected chi connectivity index (χ3v) is 5.71. The number of amides is 1. The molecule has 0 atom stereocenters. The third kappa shape index (κ3) is 6.12. The molecule has 0 bridgehead atoms. The van der Waals surface area contributed by atoms with Crippen molar-refractivity contribution in [3.63, 3.8) is 0 Å². The summed E-state index contributed by atoms with van der Waals surface area (Å²) in [7, 11) is 1.65. The Kier molecular flexibility index (Phi) is 8.09. The molecule has 4 heteroatoms. The van der Waals surface area contributed by atoms with Crippen molar-refractivity contribution in [3.05, 3.63) is 138 Å². The van der Waals surface area contributed by atoms with Crippen LogP contribution in [0.2, 0.25) is 0 Å². The number of hydrogen-bond donors (Lipinski definition) is 0. The highest BCUT2D eigenvalue weighted by Crippen LogP contribution is 2.30.